The third kappa shape index (κ3) is 1.59. The first-order valence-corrected chi connectivity index (χ1v) is 4.27. The molecule has 0 amide bonds. The Kier molecular flexibility index (Phi) is 2.09. The van der Waals surface area contributed by atoms with Gasteiger partial charge in [-0.2, -0.15) is 0 Å². The minimum absolute atomic E-state index is 0.911. The highest BCUT2D eigenvalue weighted by Gasteiger charge is 1.94. The van der Waals surface area contributed by atoms with E-state index < -0.39 is 0 Å². The summed E-state index contributed by atoms with van der Waals surface area (Å²) >= 11 is 0. The Hall–Kier alpha value is -1.63. The van der Waals surface area contributed by atoms with Crippen LogP contribution in [0.25, 0.3) is 10.9 Å². The van der Waals surface area contributed by atoms with Gasteiger partial charge in [0.2, 0.25) is 0 Å². The molecule has 0 aliphatic heterocycles. The van der Waals surface area contributed by atoms with Gasteiger partial charge in [-0.1, -0.05) is 18.2 Å². The molecule has 0 N–H and O–H groups in total. The van der Waals surface area contributed by atoms with E-state index >= 15 is 0 Å². The van der Waals surface area contributed by atoms with Gasteiger partial charge in [0, 0.05) is 5.39 Å². The van der Waals surface area contributed by atoms with E-state index in [-0.39, 0.29) is 0 Å². The second-order valence-corrected chi connectivity index (χ2v) is 2.96. The quantitative estimate of drug-likeness (QED) is 0.628. The molecule has 1 heterocycles. The van der Waals surface area contributed by atoms with Gasteiger partial charge in [-0.05, 0) is 30.2 Å². The lowest BCUT2D eigenvalue weighted by Crippen LogP contribution is -1.82. The maximum Gasteiger partial charge on any atom is 0.0894 e. The molecule has 0 bridgehead atoms. The van der Waals surface area contributed by atoms with Gasteiger partial charge < -0.3 is 0 Å². The fourth-order valence-corrected chi connectivity index (χ4v) is 1.37. The predicted molar refractivity (Wildman–Crippen MR) is 54.5 cm³/mol. The lowest BCUT2D eigenvalue weighted by atomic mass is 10.1. The summed E-state index contributed by atoms with van der Waals surface area (Å²) in [6, 6.07) is 10.1. The van der Waals surface area contributed by atoms with E-state index in [2.05, 4.69) is 29.9 Å². The molecule has 13 heavy (non-hydrogen) atoms. The lowest BCUT2D eigenvalue weighted by molar-refractivity contribution is 1.28. The summed E-state index contributed by atoms with van der Waals surface area (Å²) in [7, 11) is 0. The van der Waals surface area contributed by atoms with Crippen molar-refractivity contribution in [2.75, 3.05) is 0 Å². The Morgan fingerprint density at radius 2 is 2.31 bits per heavy atom. The van der Waals surface area contributed by atoms with E-state index in [1.165, 1.54) is 5.56 Å². The Morgan fingerprint density at radius 1 is 1.38 bits per heavy atom. The second-order valence-electron chi connectivity index (χ2n) is 2.96. The standard InChI is InChI=1S/C12H10N/c1-2-4-10-6-7-12-11(9-10)5-3-8-13-12/h2-3,5-7,9H,1,4H2. The molecular formula is C12H10N. The molecule has 0 saturated heterocycles. The van der Waals surface area contributed by atoms with Crippen LogP contribution in [0.2, 0.25) is 0 Å². The van der Waals surface area contributed by atoms with Crippen molar-refractivity contribution in [1.29, 1.82) is 0 Å². The van der Waals surface area contributed by atoms with E-state index in [4.69, 9.17) is 0 Å². The Bertz CT molecular complexity index is 432. The first kappa shape index (κ1) is 7.99. The molecule has 0 atom stereocenters. The molecule has 0 fully saturated rings. The van der Waals surface area contributed by atoms with Gasteiger partial charge >= 0.3 is 0 Å². The topological polar surface area (TPSA) is 12.9 Å². The van der Waals surface area contributed by atoms with E-state index in [0.717, 1.165) is 17.3 Å². The third-order valence-corrected chi connectivity index (χ3v) is 1.99. The van der Waals surface area contributed by atoms with Crippen molar-refractivity contribution in [3.8, 4) is 0 Å². The maximum atomic E-state index is 4.13. The Balaban J connectivity index is 2.55. The van der Waals surface area contributed by atoms with Gasteiger partial charge in [0.1, 0.15) is 0 Å². The van der Waals surface area contributed by atoms with E-state index in [9.17, 15) is 0 Å². The van der Waals surface area contributed by atoms with Crippen LogP contribution in [0.1, 0.15) is 5.56 Å². The van der Waals surface area contributed by atoms with Gasteiger partial charge in [-0.25, -0.2) is 4.98 Å². The van der Waals surface area contributed by atoms with Crippen LogP contribution < -0.4 is 0 Å². The zero-order chi connectivity index (χ0) is 9.10. The molecule has 0 unspecified atom stereocenters. The summed E-state index contributed by atoms with van der Waals surface area (Å²) in [5.41, 5.74) is 2.27. The van der Waals surface area contributed by atoms with Crippen molar-refractivity contribution in [3.05, 3.63) is 54.7 Å². The number of pyridine rings is 1. The molecule has 1 heteroatoms. The molecule has 0 spiro atoms. The van der Waals surface area contributed by atoms with Crippen LogP contribution in [0.3, 0.4) is 0 Å². The van der Waals surface area contributed by atoms with Gasteiger partial charge in [-0.3, -0.25) is 0 Å². The number of hydrogen-bond acceptors (Lipinski definition) is 1. The summed E-state index contributed by atoms with van der Waals surface area (Å²) in [6.07, 6.45) is 5.63. The molecule has 1 radical (unpaired) electrons. The van der Waals surface area contributed by atoms with Crippen LogP contribution in [0.5, 0.6) is 0 Å². The lowest BCUT2D eigenvalue weighted by Gasteiger charge is -1.99. The number of benzene rings is 1. The normalized spacial score (nSPS) is 10.2. The summed E-state index contributed by atoms with van der Waals surface area (Å²) in [4.78, 5) is 4.13. The fourth-order valence-electron chi connectivity index (χ4n) is 1.37. The van der Waals surface area contributed by atoms with E-state index in [1.54, 1.807) is 0 Å². The molecule has 2 rings (SSSR count). The highest BCUT2D eigenvalue weighted by molar-refractivity contribution is 5.78. The number of fused-ring (bicyclic) bond motifs is 1. The summed E-state index contributed by atoms with van der Waals surface area (Å²) in [5.74, 6) is 0. The van der Waals surface area contributed by atoms with E-state index in [0.29, 0.717) is 0 Å². The summed E-state index contributed by atoms with van der Waals surface area (Å²) in [6.45, 7) is 3.71. The van der Waals surface area contributed by atoms with Crippen LogP contribution in [0.15, 0.2) is 43.0 Å². The Morgan fingerprint density at radius 3 is 3.15 bits per heavy atom. The maximum absolute atomic E-state index is 4.13. The predicted octanol–water partition coefficient (Wildman–Crippen LogP) is 2.76. The van der Waals surface area contributed by atoms with Crippen molar-refractivity contribution in [2.45, 2.75) is 6.42 Å². The summed E-state index contributed by atoms with van der Waals surface area (Å²) < 4.78 is 0. The zero-order valence-electron chi connectivity index (χ0n) is 7.33. The van der Waals surface area contributed by atoms with Crippen LogP contribution in [-0.2, 0) is 6.42 Å². The molecule has 63 valence electrons. The number of hydrogen-bond donors (Lipinski definition) is 0. The van der Waals surface area contributed by atoms with Crippen LogP contribution in [-0.4, -0.2) is 4.98 Å². The van der Waals surface area contributed by atoms with Gasteiger partial charge in [0.15, 0.2) is 0 Å². The van der Waals surface area contributed by atoms with Crippen molar-refractivity contribution in [1.82, 2.24) is 4.98 Å². The average molecular weight is 168 g/mol. The molecule has 2 aromatic rings. The zero-order valence-corrected chi connectivity index (χ0v) is 7.33. The number of aromatic nitrogens is 1. The van der Waals surface area contributed by atoms with E-state index in [1.807, 2.05) is 24.3 Å². The second kappa shape index (κ2) is 3.40. The highest BCUT2D eigenvalue weighted by atomic mass is 14.6. The first-order chi connectivity index (χ1) is 6.40. The molecule has 0 saturated carbocycles. The average Bonchev–Trinajstić information content (AvgIpc) is 2.18. The molecular weight excluding hydrogens is 158 g/mol. The van der Waals surface area contributed by atoms with Gasteiger partial charge in [0.25, 0.3) is 0 Å². The van der Waals surface area contributed by atoms with Crippen molar-refractivity contribution in [3.63, 3.8) is 0 Å². The monoisotopic (exact) mass is 168 g/mol. The third-order valence-electron chi connectivity index (χ3n) is 1.99. The van der Waals surface area contributed by atoms with Crippen molar-refractivity contribution >= 4 is 10.9 Å². The fraction of sp³-hybridized carbons (Fsp3) is 0.0833. The molecule has 0 aliphatic rings. The largest absolute Gasteiger partial charge is 0.246 e. The number of allylic oxidation sites excluding steroid dienone is 1. The first-order valence-electron chi connectivity index (χ1n) is 4.27. The molecule has 1 aromatic carbocycles. The smallest absolute Gasteiger partial charge is 0.0894 e. The Labute approximate surface area is 77.7 Å². The highest BCUT2D eigenvalue weighted by Crippen LogP contribution is 2.13. The SMILES string of the molecule is C=CCc1ccc2n[c]ccc2c1. The molecule has 1 nitrogen and oxygen atoms in total. The molecule has 0 aliphatic carbocycles. The van der Waals surface area contributed by atoms with Crippen LogP contribution in [0.4, 0.5) is 0 Å². The van der Waals surface area contributed by atoms with Crippen molar-refractivity contribution in [2.24, 2.45) is 0 Å². The summed E-state index contributed by atoms with van der Waals surface area (Å²) in [5, 5.41) is 1.16. The minimum Gasteiger partial charge on any atom is -0.246 e. The van der Waals surface area contributed by atoms with Crippen LogP contribution >= 0.6 is 0 Å². The molecule has 1 aromatic heterocycles. The minimum atomic E-state index is 0.911. The van der Waals surface area contributed by atoms with Gasteiger partial charge in [0.05, 0.1) is 11.7 Å². The van der Waals surface area contributed by atoms with Gasteiger partial charge in [-0.15, -0.1) is 6.58 Å². The van der Waals surface area contributed by atoms with Crippen LogP contribution in [0, 0.1) is 6.20 Å². The number of rotatable bonds is 2. The van der Waals surface area contributed by atoms with Crippen molar-refractivity contribution < 1.29 is 0 Å². The number of nitrogens with zero attached hydrogens (tertiary/aromatic N) is 1.